The quantitative estimate of drug-likeness (QED) is 0.234. The Labute approximate surface area is 233 Å². The zero-order valence-corrected chi connectivity index (χ0v) is 24.4. The van der Waals surface area contributed by atoms with Crippen molar-refractivity contribution in [2.24, 2.45) is 5.92 Å². The lowest BCUT2D eigenvalue weighted by molar-refractivity contribution is -0.139. The van der Waals surface area contributed by atoms with E-state index in [1.807, 2.05) is 49.6 Å². The maximum absolute atomic E-state index is 13.4. The smallest absolute Gasteiger partial charge is 0.326 e. The van der Waals surface area contributed by atoms with Crippen LogP contribution in [0.1, 0.15) is 99.2 Å². The van der Waals surface area contributed by atoms with Crippen LogP contribution in [0.15, 0.2) is 42.5 Å². The molecule has 1 aliphatic rings. The lowest BCUT2D eigenvalue weighted by atomic mass is 9.83. The zero-order chi connectivity index (χ0) is 27.5. The highest BCUT2D eigenvalue weighted by Crippen LogP contribution is 2.32. The summed E-state index contributed by atoms with van der Waals surface area (Å²) < 4.78 is 0. The Morgan fingerprint density at radius 3 is 2.45 bits per heavy atom. The van der Waals surface area contributed by atoms with Gasteiger partial charge in [0.15, 0.2) is 0 Å². The molecule has 1 aliphatic carbocycles. The van der Waals surface area contributed by atoms with Crippen molar-refractivity contribution in [3.63, 3.8) is 0 Å². The van der Waals surface area contributed by atoms with Gasteiger partial charge >= 0.3 is 5.97 Å². The SMILES string of the molecule is CCCC(CC1CCCCC1)NC(C)c1ccc(C(=O)NC(CCSC)C(=O)O)c(-c2ccccc2C)c1. The van der Waals surface area contributed by atoms with E-state index in [9.17, 15) is 14.7 Å². The molecule has 0 heterocycles. The number of carboxylic acid groups (broad SMARTS) is 1. The summed E-state index contributed by atoms with van der Waals surface area (Å²) in [6.45, 7) is 6.52. The minimum atomic E-state index is -1.00. The number of thioether (sulfide) groups is 1. The molecule has 3 rings (SSSR count). The first kappa shape index (κ1) is 30.2. The van der Waals surface area contributed by atoms with Gasteiger partial charge < -0.3 is 15.7 Å². The van der Waals surface area contributed by atoms with Gasteiger partial charge in [0.2, 0.25) is 0 Å². The van der Waals surface area contributed by atoms with Gasteiger partial charge in [-0.1, -0.05) is 75.8 Å². The molecule has 1 saturated carbocycles. The average molecular weight is 539 g/mol. The molecular formula is C32H46N2O3S. The van der Waals surface area contributed by atoms with Gasteiger partial charge in [0.05, 0.1) is 0 Å². The Kier molecular flexibility index (Phi) is 12.2. The Morgan fingerprint density at radius 1 is 1.05 bits per heavy atom. The zero-order valence-electron chi connectivity index (χ0n) is 23.6. The highest BCUT2D eigenvalue weighted by molar-refractivity contribution is 7.98. The van der Waals surface area contributed by atoms with Gasteiger partial charge in [-0.3, -0.25) is 4.79 Å². The van der Waals surface area contributed by atoms with Crippen LogP contribution in [0.5, 0.6) is 0 Å². The van der Waals surface area contributed by atoms with Crippen molar-refractivity contribution in [3.8, 4) is 11.1 Å². The lowest BCUT2D eigenvalue weighted by Gasteiger charge is -2.30. The van der Waals surface area contributed by atoms with Crippen LogP contribution in [0.25, 0.3) is 11.1 Å². The van der Waals surface area contributed by atoms with Crippen LogP contribution in [0.4, 0.5) is 0 Å². The summed E-state index contributed by atoms with van der Waals surface area (Å²) >= 11 is 1.57. The molecule has 1 fully saturated rings. The number of hydrogen-bond donors (Lipinski definition) is 3. The van der Waals surface area contributed by atoms with Crippen molar-refractivity contribution in [2.45, 2.75) is 96.7 Å². The van der Waals surface area contributed by atoms with Gasteiger partial charge in [-0.05, 0) is 85.4 Å². The number of amides is 1. The van der Waals surface area contributed by atoms with E-state index in [1.54, 1.807) is 11.8 Å². The Bertz CT molecular complexity index is 1050. The second kappa shape index (κ2) is 15.3. The van der Waals surface area contributed by atoms with Crippen LogP contribution < -0.4 is 10.6 Å². The number of benzene rings is 2. The predicted octanol–water partition coefficient (Wildman–Crippen LogP) is 7.39. The summed E-state index contributed by atoms with van der Waals surface area (Å²) in [5.74, 6) is 0.148. The maximum Gasteiger partial charge on any atom is 0.326 e. The number of carboxylic acids is 1. The van der Waals surface area contributed by atoms with Crippen LogP contribution >= 0.6 is 11.8 Å². The second-order valence-corrected chi connectivity index (χ2v) is 11.9. The molecule has 0 aliphatic heterocycles. The van der Waals surface area contributed by atoms with Gasteiger partial charge in [0.1, 0.15) is 6.04 Å². The topological polar surface area (TPSA) is 78.4 Å². The number of hydrogen-bond acceptors (Lipinski definition) is 4. The van der Waals surface area contributed by atoms with Crippen molar-refractivity contribution >= 4 is 23.6 Å². The molecule has 0 bridgehead atoms. The Morgan fingerprint density at radius 2 is 1.79 bits per heavy atom. The molecule has 3 unspecified atom stereocenters. The molecule has 6 heteroatoms. The Hall–Kier alpha value is -2.31. The van der Waals surface area contributed by atoms with Crippen LogP contribution in [-0.4, -0.2) is 41.1 Å². The molecule has 3 atom stereocenters. The molecule has 0 radical (unpaired) electrons. The van der Waals surface area contributed by atoms with Gasteiger partial charge in [-0.25, -0.2) is 4.79 Å². The number of nitrogens with one attached hydrogen (secondary N) is 2. The number of rotatable bonds is 14. The number of aryl methyl sites for hydroxylation is 1. The fourth-order valence-electron chi connectivity index (χ4n) is 5.75. The third kappa shape index (κ3) is 8.60. The lowest BCUT2D eigenvalue weighted by Crippen LogP contribution is -2.41. The molecule has 0 saturated heterocycles. The van der Waals surface area contributed by atoms with Crippen molar-refractivity contribution in [3.05, 3.63) is 59.2 Å². The third-order valence-electron chi connectivity index (χ3n) is 7.90. The first-order chi connectivity index (χ1) is 18.3. The predicted molar refractivity (Wildman–Crippen MR) is 160 cm³/mol. The van der Waals surface area contributed by atoms with E-state index in [0.717, 1.165) is 34.6 Å². The van der Waals surface area contributed by atoms with E-state index in [0.29, 0.717) is 23.8 Å². The van der Waals surface area contributed by atoms with E-state index in [2.05, 4.69) is 30.5 Å². The van der Waals surface area contributed by atoms with E-state index in [1.165, 1.54) is 44.9 Å². The van der Waals surface area contributed by atoms with Crippen LogP contribution in [0, 0.1) is 12.8 Å². The molecule has 208 valence electrons. The van der Waals surface area contributed by atoms with Crippen LogP contribution in [-0.2, 0) is 4.79 Å². The third-order valence-corrected chi connectivity index (χ3v) is 8.55. The fraction of sp³-hybridized carbons (Fsp3) is 0.562. The van der Waals surface area contributed by atoms with Gasteiger partial charge in [0, 0.05) is 17.6 Å². The average Bonchev–Trinajstić information content (AvgIpc) is 2.91. The summed E-state index contributed by atoms with van der Waals surface area (Å²) in [7, 11) is 0. The van der Waals surface area contributed by atoms with Gasteiger partial charge in [0.25, 0.3) is 5.91 Å². The Balaban J connectivity index is 1.87. The van der Waals surface area contributed by atoms with Gasteiger partial charge in [-0.2, -0.15) is 11.8 Å². The molecule has 2 aromatic rings. The molecule has 3 N–H and O–H groups in total. The van der Waals surface area contributed by atoms with Crippen molar-refractivity contribution in [2.75, 3.05) is 12.0 Å². The number of aliphatic carboxylic acids is 1. The highest BCUT2D eigenvalue weighted by Gasteiger charge is 2.24. The van der Waals surface area contributed by atoms with E-state index < -0.39 is 12.0 Å². The first-order valence-electron chi connectivity index (χ1n) is 14.3. The molecular weight excluding hydrogens is 492 g/mol. The molecule has 0 spiro atoms. The maximum atomic E-state index is 13.4. The van der Waals surface area contributed by atoms with Crippen molar-refractivity contribution in [1.82, 2.24) is 10.6 Å². The summed E-state index contributed by atoms with van der Waals surface area (Å²) in [4.78, 5) is 25.2. The normalized spacial score (nSPS) is 16.5. The monoisotopic (exact) mass is 538 g/mol. The number of carbonyl (C=O) groups excluding carboxylic acids is 1. The molecule has 1 amide bonds. The standard InChI is InChI=1S/C32H46N2O3S/c1-5-11-26(20-24-13-7-6-8-14-24)33-23(3)25-16-17-28(29(21-25)27-15-10-9-12-22(27)2)31(35)34-30(32(36)37)18-19-38-4/h9-10,12,15-17,21,23-24,26,30,33H,5-8,11,13-14,18-20H2,1-4H3,(H,34,35)(H,36,37). The minimum Gasteiger partial charge on any atom is -0.480 e. The summed E-state index contributed by atoms with van der Waals surface area (Å²) in [5.41, 5.74) is 4.58. The van der Waals surface area contributed by atoms with Crippen LogP contribution in [0.3, 0.4) is 0 Å². The molecule has 5 nitrogen and oxygen atoms in total. The minimum absolute atomic E-state index is 0.142. The van der Waals surface area contributed by atoms with E-state index in [4.69, 9.17) is 0 Å². The fourth-order valence-corrected chi connectivity index (χ4v) is 6.22. The highest BCUT2D eigenvalue weighted by atomic mass is 32.2. The second-order valence-electron chi connectivity index (χ2n) is 10.9. The first-order valence-corrected chi connectivity index (χ1v) is 15.7. The molecule has 2 aromatic carbocycles. The van der Waals surface area contributed by atoms with E-state index >= 15 is 0 Å². The van der Waals surface area contributed by atoms with Crippen LogP contribution in [0.2, 0.25) is 0 Å². The largest absolute Gasteiger partial charge is 0.480 e. The van der Waals surface area contributed by atoms with Crippen molar-refractivity contribution in [1.29, 1.82) is 0 Å². The van der Waals surface area contributed by atoms with Gasteiger partial charge in [-0.15, -0.1) is 0 Å². The molecule has 0 aromatic heterocycles. The van der Waals surface area contributed by atoms with Crippen molar-refractivity contribution < 1.29 is 14.7 Å². The summed E-state index contributed by atoms with van der Waals surface area (Å²) in [6.07, 6.45) is 12.7. The summed E-state index contributed by atoms with van der Waals surface area (Å²) in [5, 5.41) is 16.3. The number of carbonyl (C=O) groups is 2. The molecule has 38 heavy (non-hydrogen) atoms. The summed E-state index contributed by atoms with van der Waals surface area (Å²) in [6, 6.07) is 13.8. The van der Waals surface area contributed by atoms with E-state index in [-0.39, 0.29) is 11.9 Å².